The summed E-state index contributed by atoms with van der Waals surface area (Å²) in [6, 6.07) is 15.2. The molecule has 0 amide bonds. The van der Waals surface area contributed by atoms with E-state index in [0.717, 1.165) is 22.4 Å². The van der Waals surface area contributed by atoms with Gasteiger partial charge in [0.15, 0.2) is 5.84 Å². The Balaban J connectivity index is 1.71. The van der Waals surface area contributed by atoms with Crippen molar-refractivity contribution in [3.05, 3.63) is 76.7 Å². The Bertz CT molecular complexity index is 1070. The maximum absolute atomic E-state index is 6.15. The van der Waals surface area contributed by atoms with Crippen LogP contribution in [-0.4, -0.2) is 29.0 Å². The van der Waals surface area contributed by atoms with Gasteiger partial charge in [-0.15, -0.1) is 0 Å². The molecule has 1 N–H and O–H groups in total. The second-order valence-corrected chi connectivity index (χ2v) is 7.28. The molecule has 2 unspecified atom stereocenters. The van der Waals surface area contributed by atoms with Crippen molar-refractivity contribution in [1.29, 1.82) is 0 Å². The lowest BCUT2D eigenvalue weighted by molar-refractivity contribution is -0.00477. The molecule has 29 heavy (non-hydrogen) atoms. The Morgan fingerprint density at radius 2 is 2.00 bits per heavy atom. The molecule has 148 valence electrons. The van der Waals surface area contributed by atoms with Gasteiger partial charge in [-0.05, 0) is 61.4 Å². The van der Waals surface area contributed by atoms with Crippen molar-refractivity contribution >= 4 is 17.4 Å². The van der Waals surface area contributed by atoms with Crippen molar-refractivity contribution in [2.75, 3.05) is 7.11 Å². The molecule has 0 fully saturated rings. The zero-order chi connectivity index (χ0) is 20.4. The van der Waals surface area contributed by atoms with Crippen LogP contribution in [-0.2, 0) is 4.84 Å². The van der Waals surface area contributed by atoms with Gasteiger partial charge < -0.3 is 4.74 Å². The highest BCUT2D eigenvalue weighted by molar-refractivity contribution is 6.30. The Labute approximate surface area is 174 Å². The molecule has 0 aliphatic carbocycles. The van der Waals surface area contributed by atoms with Gasteiger partial charge in [0, 0.05) is 22.5 Å². The number of amidine groups is 1. The van der Waals surface area contributed by atoms with Crippen LogP contribution in [0.15, 0.2) is 59.7 Å². The van der Waals surface area contributed by atoms with E-state index in [4.69, 9.17) is 26.2 Å². The molecule has 1 aliphatic rings. The zero-order valence-corrected chi connectivity index (χ0v) is 17.1. The molecular formula is C22H21ClN4O2. The van der Waals surface area contributed by atoms with Crippen LogP contribution in [0.3, 0.4) is 0 Å². The number of benzene rings is 1. The van der Waals surface area contributed by atoms with Crippen LogP contribution in [0.25, 0.3) is 11.1 Å². The number of rotatable bonds is 4. The molecule has 0 radical (unpaired) electrons. The second-order valence-electron chi connectivity index (χ2n) is 6.84. The summed E-state index contributed by atoms with van der Waals surface area (Å²) in [5, 5.41) is 0.668. The largest absolute Gasteiger partial charge is 0.481 e. The molecule has 0 saturated heterocycles. The molecule has 3 aromatic rings. The van der Waals surface area contributed by atoms with Crippen LogP contribution < -0.4 is 10.2 Å². The molecule has 2 atom stereocenters. The van der Waals surface area contributed by atoms with Gasteiger partial charge in [0.25, 0.3) is 0 Å². The van der Waals surface area contributed by atoms with Crippen molar-refractivity contribution in [3.8, 4) is 17.0 Å². The second kappa shape index (κ2) is 8.19. The van der Waals surface area contributed by atoms with E-state index < -0.39 is 0 Å². The average molecular weight is 409 g/mol. The summed E-state index contributed by atoms with van der Waals surface area (Å²) in [5.41, 5.74) is 7.34. The van der Waals surface area contributed by atoms with E-state index in [0.29, 0.717) is 22.4 Å². The van der Waals surface area contributed by atoms with Gasteiger partial charge in [-0.2, -0.15) is 0 Å². The molecule has 1 aliphatic heterocycles. The monoisotopic (exact) mass is 408 g/mol. The Hall–Kier alpha value is -2.96. The predicted molar refractivity (Wildman–Crippen MR) is 113 cm³/mol. The molecule has 4 rings (SSSR count). The molecule has 0 bridgehead atoms. The fourth-order valence-corrected chi connectivity index (χ4v) is 3.50. The van der Waals surface area contributed by atoms with Crippen molar-refractivity contribution in [1.82, 2.24) is 15.4 Å². The third-order valence-corrected chi connectivity index (χ3v) is 4.98. The fraction of sp³-hybridized carbons (Fsp3) is 0.227. The van der Waals surface area contributed by atoms with Gasteiger partial charge in [-0.1, -0.05) is 23.7 Å². The predicted octanol–water partition coefficient (Wildman–Crippen LogP) is 4.53. The first-order valence-electron chi connectivity index (χ1n) is 9.28. The fourth-order valence-electron chi connectivity index (χ4n) is 3.30. The van der Waals surface area contributed by atoms with Crippen LogP contribution in [0.5, 0.6) is 5.88 Å². The van der Waals surface area contributed by atoms with Crippen LogP contribution in [0.1, 0.15) is 29.9 Å². The third kappa shape index (κ3) is 4.09. The van der Waals surface area contributed by atoms with Crippen LogP contribution in [0, 0.1) is 6.92 Å². The smallest absolute Gasteiger partial charge is 0.221 e. The normalized spacial score (nSPS) is 18.7. The molecule has 2 aromatic heterocycles. The molecule has 6 nitrogen and oxygen atoms in total. The Morgan fingerprint density at radius 3 is 2.76 bits per heavy atom. The van der Waals surface area contributed by atoms with E-state index in [1.807, 2.05) is 62.4 Å². The molecular weight excluding hydrogens is 388 g/mol. The molecule has 7 heteroatoms. The Kier molecular flexibility index (Phi) is 5.47. The first kappa shape index (κ1) is 19.4. The Morgan fingerprint density at radius 1 is 1.14 bits per heavy atom. The minimum atomic E-state index is -0.194. The summed E-state index contributed by atoms with van der Waals surface area (Å²) >= 11 is 6.15. The van der Waals surface area contributed by atoms with Crippen LogP contribution in [0.2, 0.25) is 5.02 Å². The summed E-state index contributed by atoms with van der Waals surface area (Å²) < 4.78 is 5.55. The number of halogens is 1. The number of methoxy groups -OCH3 is 1. The highest BCUT2D eigenvalue weighted by Crippen LogP contribution is 2.31. The highest BCUT2D eigenvalue weighted by Gasteiger charge is 2.27. The highest BCUT2D eigenvalue weighted by atomic mass is 35.5. The number of nitrogens with zero attached hydrogens (tertiary/aromatic N) is 3. The van der Waals surface area contributed by atoms with Gasteiger partial charge >= 0.3 is 0 Å². The van der Waals surface area contributed by atoms with E-state index >= 15 is 0 Å². The number of hydrogen-bond donors (Lipinski definition) is 1. The van der Waals surface area contributed by atoms with Crippen molar-refractivity contribution in [2.45, 2.75) is 26.0 Å². The van der Waals surface area contributed by atoms with Crippen molar-refractivity contribution in [2.24, 2.45) is 4.99 Å². The summed E-state index contributed by atoms with van der Waals surface area (Å²) in [4.78, 5) is 19.5. The number of aryl methyl sites for hydroxylation is 1. The summed E-state index contributed by atoms with van der Waals surface area (Å²) in [6.07, 6.45) is 1.62. The first-order valence-corrected chi connectivity index (χ1v) is 9.66. The number of aromatic nitrogens is 2. The third-order valence-electron chi connectivity index (χ3n) is 4.75. The van der Waals surface area contributed by atoms with Crippen LogP contribution in [0.4, 0.5) is 0 Å². The minimum absolute atomic E-state index is 0.154. The topological polar surface area (TPSA) is 68.6 Å². The average Bonchev–Trinajstić information content (AvgIpc) is 2.73. The maximum Gasteiger partial charge on any atom is 0.221 e. The van der Waals surface area contributed by atoms with E-state index in [9.17, 15) is 0 Å². The van der Waals surface area contributed by atoms with Gasteiger partial charge in [0.05, 0.1) is 7.11 Å². The first-order chi connectivity index (χ1) is 14.0. The van der Waals surface area contributed by atoms with Gasteiger partial charge in [-0.25, -0.2) is 10.5 Å². The standard InChI is InChI=1S/C22H21ClN4O2/c1-13-11-15(9-10-24-13)18-7-8-19(25-22(18)28-3)21-26-20(14(2)29-27-21)16-5-4-6-17(23)12-16/h4-12,14,20H,1-3H3,(H,26,27). The van der Waals surface area contributed by atoms with E-state index in [1.165, 1.54) is 0 Å². The van der Waals surface area contributed by atoms with Crippen molar-refractivity contribution < 1.29 is 9.57 Å². The van der Waals surface area contributed by atoms with E-state index in [2.05, 4.69) is 15.4 Å². The number of nitrogens with one attached hydrogen (secondary N) is 1. The summed E-state index contributed by atoms with van der Waals surface area (Å²) in [7, 11) is 1.60. The summed E-state index contributed by atoms with van der Waals surface area (Å²) in [5.74, 6) is 1.05. The minimum Gasteiger partial charge on any atom is -0.481 e. The SMILES string of the molecule is COc1nc(C2=NC(c3cccc(Cl)c3)C(C)ON2)ccc1-c1ccnc(C)c1. The number of pyridine rings is 2. The zero-order valence-electron chi connectivity index (χ0n) is 16.4. The van der Waals surface area contributed by atoms with E-state index in [-0.39, 0.29) is 12.1 Å². The lowest BCUT2D eigenvalue weighted by Crippen LogP contribution is -2.38. The molecule has 0 saturated carbocycles. The summed E-state index contributed by atoms with van der Waals surface area (Å²) in [6.45, 7) is 3.91. The van der Waals surface area contributed by atoms with Gasteiger partial charge in [0.2, 0.25) is 5.88 Å². The molecule has 3 heterocycles. The van der Waals surface area contributed by atoms with Crippen molar-refractivity contribution in [3.63, 3.8) is 0 Å². The number of hydroxylamine groups is 1. The molecule has 0 spiro atoms. The lowest BCUT2D eigenvalue weighted by atomic mass is 10.0. The van der Waals surface area contributed by atoms with Gasteiger partial charge in [-0.3, -0.25) is 14.8 Å². The lowest BCUT2D eigenvalue weighted by Gasteiger charge is -2.28. The van der Waals surface area contributed by atoms with E-state index in [1.54, 1.807) is 13.3 Å². The van der Waals surface area contributed by atoms with Crippen LogP contribution >= 0.6 is 11.6 Å². The van der Waals surface area contributed by atoms with Gasteiger partial charge in [0.1, 0.15) is 17.8 Å². The number of aliphatic imine (C=N–C) groups is 1. The number of hydrogen-bond acceptors (Lipinski definition) is 6. The maximum atomic E-state index is 6.15. The quantitative estimate of drug-likeness (QED) is 0.687. The molecule has 1 aromatic carbocycles. The number of ether oxygens (including phenoxy) is 1.